The number of nitrogens with two attached hydrogens (primary N) is 1. The van der Waals surface area contributed by atoms with Gasteiger partial charge in [-0.15, -0.1) is 0 Å². The molecule has 106 valence electrons. The van der Waals surface area contributed by atoms with E-state index in [1.165, 1.54) is 7.05 Å². The van der Waals surface area contributed by atoms with Gasteiger partial charge in [-0.1, -0.05) is 0 Å². The zero-order valence-corrected chi connectivity index (χ0v) is 11.0. The van der Waals surface area contributed by atoms with Gasteiger partial charge in [0.05, 0.1) is 5.54 Å². The maximum absolute atomic E-state index is 12.6. The zero-order valence-electron chi connectivity index (χ0n) is 11.0. The Morgan fingerprint density at radius 1 is 1.68 bits per heavy atom. The molecule has 2 rings (SSSR count). The van der Waals surface area contributed by atoms with Crippen molar-refractivity contribution in [3.8, 4) is 0 Å². The highest BCUT2D eigenvalue weighted by Gasteiger charge is 2.42. The van der Waals surface area contributed by atoms with Crippen molar-refractivity contribution in [3.63, 3.8) is 0 Å². The van der Waals surface area contributed by atoms with Gasteiger partial charge >= 0.3 is 0 Å². The van der Waals surface area contributed by atoms with E-state index < -0.39 is 17.9 Å². The molecule has 1 aromatic heterocycles. The Morgan fingerprint density at radius 2 is 2.32 bits per heavy atom. The van der Waals surface area contributed by atoms with Crippen molar-refractivity contribution in [1.82, 2.24) is 15.1 Å². The van der Waals surface area contributed by atoms with Crippen LogP contribution < -0.4 is 11.1 Å². The standard InChI is InChI=1S/C12H18F2N4O/c1-12(6-15,7-3-4-7)16-11(19)8-5-9(10(13)14)18(2)17-8/h5,7,10H,3-4,6,15H2,1-2H3,(H,16,19). The van der Waals surface area contributed by atoms with Crippen LogP contribution in [0.15, 0.2) is 6.07 Å². The Morgan fingerprint density at radius 3 is 2.74 bits per heavy atom. The second-order valence-electron chi connectivity index (χ2n) is 5.23. The maximum Gasteiger partial charge on any atom is 0.280 e. The molecule has 0 aromatic carbocycles. The summed E-state index contributed by atoms with van der Waals surface area (Å²) in [7, 11) is 1.39. The molecule has 19 heavy (non-hydrogen) atoms. The van der Waals surface area contributed by atoms with Crippen LogP contribution in [-0.4, -0.2) is 27.8 Å². The van der Waals surface area contributed by atoms with Gasteiger partial charge in [-0.05, 0) is 31.7 Å². The van der Waals surface area contributed by atoms with Crippen LogP contribution in [0.3, 0.4) is 0 Å². The molecule has 1 amide bonds. The first kappa shape index (κ1) is 13.9. The molecule has 1 fully saturated rings. The van der Waals surface area contributed by atoms with Crippen molar-refractivity contribution >= 4 is 5.91 Å². The summed E-state index contributed by atoms with van der Waals surface area (Å²) in [6.45, 7) is 2.19. The minimum absolute atomic E-state index is 0.00174. The Balaban J connectivity index is 2.13. The molecule has 3 N–H and O–H groups in total. The third-order valence-electron chi connectivity index (χ3n) is 3.67. The first-order valence-electron chi connectivity index (χ1n) is 6.22. The fourth-order valence-electron chi connectivity index (χ4n) is 2.16. The van der Waals surface area contributed by atoms with Crippen molar-refractivity contribution in [3.05, 3.63) is 17.5 Å². The zero-order chi connectivity index (χ0) is 14.2. The van der Waals surface area contributed by atoms with E-state index >= 15 is 0 Å². The molecule has 1 aromatic rings. The first-order valence-corrected chi connectivity index (χ1v) is 6.22. The molecule has 5 nitrogen and oxygen atoms in total. The van der Waals surface area contributed by atoms with E-state index in [1.807, 2.05) is 6.92 Å². The van der Waals surface area contributed by atoms with Gasteiger partial charge in [0.1, 0.15) is 5.69 Å². The molecule has 1 heterocycles. The minimum Gasteiger partial charge on any atom is -0.344 e. The number of aromatic nitrogens is 2. The smallest absolute Gasteiger partial charge is 0.280 e. The topological polar surface area (TPSA) is 72.9 Å². The number of nitrogens with zero attached hydrogens (tertiary/aromatic N) is 2. The lowest BCUT2D eigenvalue weighted by molar-refractivity contribution is 0.0892. The number of hydrogen-bond acceptors (Lipinski definition) is 3. The lowest BCUT2D eigenvalue weighted by atomic mass is 9.96. The second kappa shape index (κ2) is 4.88. The van der Waals surface area contributed by atoms with Gasteiger partial charge in [-0.2, -0.15) is 5.10 Å². The summed E-state index contributed by atoms with van der Waals surface area (Å²) in [5, 5.41) is 6.63. The average Bonchev–Trinajstić information content (AvgIpc) is 3.12. The summed E-state index contributed by atoms with van der Waals surface area (Å²) in [5.74, 6) is -0.0953. The van der Waals surface area contributed by atoms with E-state index in [0.29, 0.717) is 12.5 Å². The highest BCUT2D eigenvalue weighted by Crippen LogP contribution is 2.39. The molecule has 1 atom stereocenters. The Bertz CT molecular complexity index is 484. The van der Waals surface area contributed by atoms with Crippen LogP contribution in [0.2, 0.25) is 0 Å². The number of rotatable bonds is 5. The van der Waals surface area contributed by atoms with Crippen molar-refractivity contribution < 1.29 is 13.6 Å². The van der Waals surface area contributed by atoms with E-state index in [2.05, 4.69) is 10.4 Å². The lowest BCUT2D eigenvalue weighted by Gasteiger charge is -2.29. The molecule has 1 aliphatic rings. The molecule has 7 heteroatoms. The van der Waals surface area contributed by atoms with Crippen LogP contribution >= 0.6 is 0 Å². The number of halogens is 2. The van der Waals surface area contributed by atoms with Crippen LogP contribution in [0.1, 0.15) is 42.4 Å². The third-order valence-corrected chi connectivity index (χ3v) is 3.67. The van der Waals surface area contributed by atoms with Crippen LogP contribution in [0.4, 0.5) is 8.78 Å². The van der Waals surface area contributed by atoms with Crippen molar-refractivity contribution in [2.45, 2.75) is 31.7 Å². The third kappa shape index (κ3) is 2.75. The SMILES string of the molecule is Cn1nc(C(=O)NC(C)(CN)C2CC2)cc1C(F)F. The van der Waals surface area contributed by atoms with Crippen molar-refractivity contribution in [1.29, 1.82) is 0 Å². The predicted molar refractivity (Wildman–Crippen MR) is 65.8 cm³/mol. The van der Waals surface area contributed by atoms with Crippen molar-refractivity contribution in [2.75, 3.05) is 6.54 Å². The number of aryl methyl sites for hydroxylation is 1. The molecule has 0 bridgehead atoms. The van der Waals surface area contributed by atoms with Gasteiger partial charge in [0, 0.05) is 13.6 Å². The summed E-state index contributed by atoms with van der Waals surface area (Å²) in [6.07, 6.45) is -0.597. The summed E-state index contributed by atoms with van der Waals surface area (Å²) in [4.78, 5) is 12.1. The lowest BCUT2D eigenvalue weighted by Crippen LogP contribution is -2.53. The van der Waals surface area contributed by atoms with Crippen LogP contribution in [0, 0.1) is 5.92 Å². The fraction of sp³-hybridized carbons (Fsp3) is 0.667. The Labute approximate surface area is 110 Å². The van der Waals surface area contributed by atoms with Crippen LogP contribution in [-0.2, 0) is 7.05 Å². The number of alkyl halides is 2. The summed E-state index contributed by atoms with van der Waals surface area (Å²) >= 11 is 0. The molecule has 0 radical (unpaired) electrons. The Hall–Kier alpha value is -1.50. The van der Waals surface area contributed by atoms with E-state index in [0.717, 1.165) is 23.6 Å². The van der Waals surface area contributed by atoms with Gasteiger partial charge in [-0.3, -0.25) is 9.48 Å². The van der Waals surface area contributed by atoms with Crippen LogP contribution in [0.25, 0.3) is 0 Å². The van der Waals surface area contributed by atoms with Crippen molar-refractivity contribution in [2.24, 2.45) is 18.7 Å². The minimum atomic E-state index is -2.65. The van der Waals surface area contributed by atoms with E-state index in [4.69, 9.17) is 5.73 Å². The van der Waals surface area contributed by atoms with Gasteiger partial charge in [0.25, 0.3) is 12.3 Å². The largest absolute Gasteiger partial charge is 0.344 e. The number of carbonyl (C=O) groups is 1. The molecule has 0 aliphatic heterocycles. The van der Waals surface area contributed by atoms with Gasteiger partial charge in [0.15, 0.2) is 5.69 Å². The maximum atomic E-state index is 12.6. The molecule has 1 saturated carbocycles. The highest BCUT2D eigenvalue weighted by molar-refractivity contribution is 5.93. The number of nitrogens with one attached hydrogen (secondary N) is 1. The monoisotopic (exact) mass is 272 g/mol. The average molecular weight is 272 g/mol. The molecule has 0 saturated heterocycles. The molecule has 1 aliphatic carbocycles. The number of hydrogen-bond donors (Lipinski definition) is 2. The van der Waals surface area contributed by atoms with Gasteiger partial charge in [-0.25, -0.2) is 8.78 Å². The summed E-state index contributed by atoms with van der Waals surface area (Å²) in [6, 6.07) is 1.11. The predicted octanol–water partition coefficient (Wildman–Crippen LogP) is 1.21. The molecular formula is C12H18F2N4O. The first-order chi connectivity index (χ1) is 8.87. The van der Waals surface area contributed by atoms with Gasteiger partial charge < -0.3 is 11.1 Å². The molecular weight excluding hydrogens is 254 g/mol. The fourth-order valence-corrected chi connectivity index (χ4v) is 2.16. The van der Waals surface area contributed by atoms with Crippen LogP contribution in [0.5, 0.6) is 0 Å². The Kier molecular flexibility index (Phi) is 3.58. The summed E-state index contributed by atoms with van der Waals surface area (Å²) < 4.78 is 26.3. The normalized spacial score (nSPS) is 18.4. The van der Waals surface area contributed by atoms with Gasteiger partial charge in [0.2, 0.25) is 0 Å². The second-order valence-corrected chi connectivity index (χ2v) is 5.23. The highest BCUT2D eigenvalue weighted by atomic mass is 19.3. The molecule has 0 spiro atoms. The summed E-state index contributed by atoms with van der Waals surface area (Å²) in [5.41, 5.74) is 4.94. The van der Waals surface area contributed by atoms with E-state index in [1.54, 1.807) is 0 Å². The molecule has 1 unspecified atom stereocenters. The number of amides is 1. The quantitative estimate of drug-likeness (QED) is 0.846. The van der Waals surface area contributed by atoms with E-state index in [9.17, 15) is 13.6 Å². The van der Waals surface area contributed by atoms with E-state index in [-0.39, 0.29) is 11.4 Å². The number of carbonyl (C=O) groups excluding carboxylic acids is 1.